The van der Waals surface area contributed by atoms with Crippen LogP contribution in [-0.2, 0) is 0 Å². The molecule has 3 rings (SSSR count). The number of ether oxygens (including phenoxy) is 1. The Balaban J connectivity index is 2.04. The fraction of sp³-hybridized carbons (Fsp3) is 0.0667. The topological polar surface area (TPSA) is 68.4 Å². The number of para-hydroxylation sites is 1. The van der Waals surface area contributed by atoms with Gasteiger partial charge in [-0.2, -0.15) is 4.98 Å². The number of hydrogen-bond acceptors (Lipinski definition) is 5. The van der Waals surface area contributed by atoms with Crippen molar-refractivity contribution in [1.29, 1.82) is 0 Å². The molecule has 0 spiro atoms. The van der Waals surface area contributed by atoms with E-state index in [9.17, 15) is 9.50 Å². The predicted molar refractivity (Wildman–Crippen MR) is 73.3 cm³/mol. The first-order chi connectivity index (χ1) is 10.2. The van der Waals surface area contributed by atoms with Gasteiger partial charge in [0, 0.05) is 6.07 Å². The molecule has 21 heavy (non-hydrogen) atoms. The molecule has 0 aliphatic carbocycles. The molecule has 0 aliphatic heterocycles. The van der Waals surface area contributed by atoms with Gasteiger partial charge < -0.3 is 14.4 Å². The van der Waals surface area contributed by atoms with Gasteiger partial charge in [0.1, 0.15) is 17.3 Å². The molecule has 106 valence electrons. The number of rotatable bonds is 3. The lowest BCUT2D eigenvalue weighted by atomic mass is 10.2. The number of nitrogens with zero attached hydrogens (tertiary/aromatic N) is 2. The maximum absolute atomic E-state index is 13.0. The van der Waals surface area contributed by atoms with Crippen molar-refractivity contribution in [2.45, 2.75) is 0 Å². The van der Waals surface area contributed by atoms with Crippen LogP contribution < -0.4 is 4.74 Å². The Morgan fingerprint density at radius 1 is 1.14 bits per heavy atom. The highest BCUT2D eigenvalue weighted by atomic mass is 19.1. The van der Waals surface area contributed by atoms with Crippen molar-refractivity contribution in [3.63, 3.8) is 0 Å². The van der Waals surface area contributed by atoms with Gasteiger partial charge in [-0.05, 0) is 24.3 Å². The van der Waals surface area contributed by atoms with Gasteiger partial charge in [-0.25, -0.2) is 4.39 Å². The second-order valence-electron chi connectivity index (χ2n) is 4.28. The van der Waals surface area contributed by atoms with Crippen LogP contribution in [0.15, 0.2) is 47.0 Å². The number of aromatic nitrogens is 2. The highest BCUT2D eigenvalue weighted by molar-refractivity contribution is 5.67. The summed E-state index contributed by atoms with van der Waals surface area (Å²) < 4.78 is 23.3. The van der Waals surface area contributed by atoms with Crippen molar-refractivity contribution in [3.05, 3.63) is 48.3 Å². The zero-order valence-electron chi connectivity index (χ0n) is 11.1. The van der Waals surface area contributed by atoms with E-state index in [1.807, 2.05) is 12.1 Å². The Morgan fingerprint density at radius 3 is 2.71 bits per heavy atom. The lowest BCUT2D eigenvalue weighted by molar-refractivity contribution is 0.412. The van der Waals surface area contributed by atoms with E-state index >= 15 is 0 Å². The summed E-state index contributed by atoms with van der Waals surface area (Å²) in [6, 6.07) is 10.8. The average molecular weight is 286 g/mol. The third-order valence-corrected chi connectivity index (χ3v) is 2.96. The number of hydrogen-bond donors (Lipinski definition) is 1. The van der Waals surface area contributed by atoms with Crippen LogP contribution in [-0.4, -0.2) is 22.4 Å². The lowest BCUT2D eigenvalue weighted by Gasteiger charge is -2.03. The number of halogens is 1. The highest BCUT2D eigenvalue weighted by Gasteiger charge is 2.16. The van der Waals surface area contributed by atoms with Gasteiger partial charge in [0.05, 0.1) is 18.2 Å². The van der Waals surface area contributed by atoms with E-state index in [1.165, 1.54) is 12.1 Å². The minimum absolute atomic E-state index is 0.105. The Bertz CT molecular complexity index is 786. The Morgan fingerprint density at radius 2 is 1.95 bits per heavy atom. The van der Waals surface area contributed by atoms with Crippen LogP contribution in [0, 0.1) is 5.82 Å². The van der Waals surface area contributed by atoms with Crippen LogP contribution >= 0.6 is 0 Å². The maximum Gasteiger partial charge on any atom is 0.262 e. The van der Waals surface area contributed by atoms with Crippen molar-refractivity contribution in [2.24, 2.45) is 0 Å². The number of aromatic hydroxyl groups is 1. The fourth-order valence-corrected chi connectivity index (χ4v) is 1.96. The summed E-state index contributed by atoms with van der Waals surface area (Å²) in [4.78, 5) is 4.21. The molecule has 1 heterocycles. The second kappa shape index (κ2) is 5.24. The molecular formula is C15H11FN2O3. The average Bonchev–Trinajstić information content (AvgIpc) is 2.96. The van der Waals surface area contributed by atoms with Crippen LogP contribution in [0.25, 0.3) is 22.8 Å². The summed E-state index contributed by atoms with van der Waals surface area (Å²) in [5.41, 5.74) is 0.932. The molecule has 0 aliphatic rings. The van der Waals surface area contributed by atoms with Crippen molar-refractivity contribution in [3.8, 4) is 34.3 Å². The fourth-order valence-electron chi connectivity index (χ4n) is 1.96. The molecule has 0 atom stereocenters. The molecule has 0 radical (unpaired) electrons. The van der Waals surface area contributed by atoms with Crippen molar-refractivity contribution in [2.75, 3.05) is 7.11 Å². The molecule has 3 aromatic rings. The molecule has 0 bridgehead atoms. The van der Waals surface area contributed by atoms with E-state index in [0.29, 0.717) is 17.1 Å². The normalized spacial score (nSPS) is 10.6. The van der Waals surface area contributed by atoms with Crippen molar-refractivity contribution < 1.29 is 18.8 Å². The smallest absolute Gasteiger partial charge is 0.262 e. The van der Waals surface area contributed by atoms with Crippen LogP contribution in [0.1, 0.15) is 0 Å². The Kier molecular flexibility index (Phi) is 3.27. The SMILES string of the molecule is COc1ccccc1-c1noc(-c2ccc(F)cc2O)n1. The van der Waals surface area contributed by atoms with Gasteiger partial charge in [0.2, 0.25) is 5.82 Å². The minimum Gasteiger partial charge on any atom is -0.507 e. The zero-order valence-corrected chi connectivity index (χ0v) is 11.1. The van der Waals surface area contributed by atoms with Crippen molar-refractivity contribution in [1.82, 2.24) is 10.1 Å². The van der Waals surface area contributed by atoms with E-state index in [-0.39, 0.29) is 17.2 Å². The first kappa shape index (κ1) is 13.1. The van der Waals surface area contributed by atoms with Crippen LogP contribution in [0.2, 0.25) is 0 Å². The van der Waals surface area contributed by atoms with Crippen LogP contribution in [0.4, 0.5) is 4.39 Å². The number of benzene rings is 2. The van der Waals surface area contributed by atoms with E-state index in [4.69, 9.17) is 9.26 Å². The third-order valence-electron chi connectivity index (χ3n) is 2.96. The first-order valence-electron chi connectivity index (χ1n) is 6.15. The minimum atomic E-state index is -0.541. The largest absolute Gasteiger partial charge is 0.507 e. The van der Waals surface area contributed by atoms with Gasteiger partial charge in [0.15, 0.2) is 0 Å². The number of phenols is 1. The summed E-state index contributed by atoms with van der Waals surface area (Å²) in [6.45, 7) is 0. The number of phenolic OH excluding ortho intramolecular Hbond substituents is 1. The molecule has 2 aromatic carbocycles. The van der Waals surface area contributed by atoms with E-state index < -0.39 is 5.82 Å². The third kappa shape index (κ3) is 2.43. The molecule has 6 heteroatoms. The molecule has 0 saturated heterocycles. The summed E-state index contributed by atoms with van der Waals surface area (Å²) >= 11 is 0. The molecule has 1 N–H and O–H groups in total. The second-order valence-corrected chi connectivity index (χ2v) is 4.28. The molecular weight excluding hydrogens is 275 g/mol. The van der Waals surface area contributed by atoms with Gasteiger partial charge in [-0.1, -0.05) is 17.3 Å². The van der Waals surface area contributed by atoms with E-state index in [2.05, 4.69) is 10.1 Å². The molecule has 0 unspecified atom stereocenters. The Labute approximate surface area is 119 Å². The zero-order chi connectivity index (χ0) is 14.8. The predicted octanol–water partition coefficient (Wildman–Crippen LogP) is 3.26. The van der Waals surface area contributed by atoms with Gasteiger partial charge in [-0.15, -0.1) is 0 Å². The first-order valence-corrected chi connectivity index (χ1v) is 6.15. The van der Waals surface area contributed by atoms with Crippen LogP contribution in [0.5, 0.6) is 11.5 Å². The Hall–Kier alpha value is -2.89. The summed E-state index contributed by atoms with van der Waals surface area (Å²) in [5.74, 6) is 0.235. The molecule has 5 nitrogen and oxygen atoms in total. The van der Waals surface area contributed by atoms with E-state index in [0.717, 1.165) is 6.07 Å². The summed E-state index contributed by atoms with van der Waals surface area (Å²) in [7, 11) is 1.55. The lowest BCUT2D eigenvalue weighted by Crippen LogP contribution is -1.88. The molecule has 1 aromatic heterocycles. The van der Waals surface area contributed by atoms with Gasteiger partial charge in [0.25, 0.3) is 5.89 Å². The van der Waals surface area contributed by atoms with E-state index in [1.54, 1.807) is 19.2 Å². The van der Waals surface area contributed by atoms with Crippen LogP contribution in [0.3, 0.4) is 0 Å². The van der Waals surface area contributed by atoms with Gasteiger partial charge >= 0.3 is 0 Å². The monoisotopic (exact) mass is 286 g/mol. The molecule has 0 saturated carbocycles. The summed E-state index contributed by atoms with van der Waals surface area (Å²) in [6.07, 6.45) is 0. The molecule has 0 amide bonds. The maximum atomic E-state index is 13.0. The van der Waals surface area contributed by atoms with Crippen molar-refractivity contribution >= 4 is 0 Å². The number of methoxy groups -OCH3 is 1. The molecule has 0 fully saturated rings. The quantitative estimate of drug-likeness (QED) is 0.800. The highest BCUT2D eigenvalue weighted by Crippen LogP contribution is 2.32. The standard InChI is InChI=1S/C15H11FN2O3/c1-20-13-5-3-2-4-11(13)14-17-15(21-18-14)10-7-6-9(16)8-12(10)19/h2-8,19H,1H3. The summed E-state index contributed by atoms with van der Waals surface area (Å²) in [5, 5.41) is 13.6. The van der Waals surface area contributed by atoms with Gasteiger partial charge in [-0.3, -0.25) is 0 Å².